The van der Waals surface area contributed by atoms with Crippen molar-refractivity contribution >= 4 is 39.6 Å². The van der Waals surface area contributed by atoms with E-state index in [0.29, 0.717) is 5.57 Å². The van der Waals surface area contributed by atoms with E-state index in [1.807, 2.05) is 0 Å². The second-order valence-electron chi connectivity index (χ2n) is 4.17. The quantitative estimate of drug-likeness (QED) is 0.589. The van der Waals surface area contributed by atoms with Crippen LogP contribution < -0.4 is 0 Å². The molecular weight excluding hydrogens is 287 g/mol. The van der Waals surface area contributed by atoms with E-state index >= 15 is 0 Å². The van der Waals surface area contributed by atoms with Crippen LogP contribution in [-0.4, -0.2) is 53.4 Å². The SMILES string of the molecule is COC(=O)C1N=C(C2=NCCS2)SC1/C=C(\C)CF. The Balaban J connectivity index is 2.19. The lowest BCUT2D eigenvalue weighted by atomic mass is 10.1. The highest BCUT2D eigenvalue weighted by Gasteiger charge is 2.37. The molecule has 0 aromatic carbocycles. The number of hydrogen-bond acceptors (Lipinski definition) is 6. The van der Waals surface area contributed by atoms with E-state index in [1.54, 1.807) is 24.8 Å². The topological polar surface area (TPSA) is 51.0 Å². The number of alkyl halides is 1. The van der Waals surface area contributed by atoms with E-state index in [0.717, 1.165) is 22.4 Å². The van der Waals surface area contributed by atoms with Crippen molar-refractivity contribution in [3.05, 3.63) is 11.6 Å². The summed E-state index contributed by atoms with van der Waals surface area (Å²) in [5, 5.41) is 1.45. The van der Waals surface area contributed by atoms with Crippen LogP contribution in [0, 0.1) is 0 Å². The third-order valence-electron chi connectivity index (χ3n) is 2.69. The second kappa shape index (κ2) is 6.56. The molecule has 0 spiro atoms. The number of allylic oxidation sites excluding steroid dienone is 1. The zero-order chi connectivity index (χ0) is 13.8. The Morgan fingerprint density at radius 1 is 1.58 bits per heavy atom. The molecule has 19 heavy (non-hydrogen) atoms. The third-order valence-corrected chi connectivity index (χ3v) is 4.99. The summed E-state index contributed by atoms with van der Waals surface area (Å²) in [6.07, 6.45) is 1.75. The van der Waals surface area contributed by atoms with E-state index in [-0.39, 0.29) is 11.2 Å². The highest BCUT2D eigenvalue weighted by atomic mass is 32.2. The van der Waals surface area contributed by atoms with Crippen molar-refractivity contribution in [3.8, 4) is 0 Å². The number of ether oxygens (including phenoxy) is 1. The Hall–Kier alpha value is -0.820. The molecule has 2 aliphatic rings. The molecule has 0 aliphatic carbocycles. The first kappa shape index (κ1) is 14.6. The van der Waals surface area contributed by atoms with Gasteiger partial charge in [-0.2, -0.15) is 0 Å². The van der Waals surface area contributed by atoms with Crippen molar-refractivity contribution in [2.75, 3.05) is 26.1 Å². The molecule has 0 bridgehead atoms. The minimum atomic E-state index is -0.601. The van der Waals surface area contributed by atoms with Gasteiger partial charge in [0.25, 0.3) is 0 Å². The molecule has 2 unspecified atom stereocenters. The van der Waals surface area contributed by atoms with Crippen molar-refractivity contribution < 1.29 is 13.9 Å². The number of aliphatic imine (C=N–C) groups is 2. The molecule has 0 amide bonds. The number of carbonyl (C=O) groups excluding carboxylic acids is 1. The summed E-state index contributed by atoms with van der Waals surface area (Å²) in [4.78, 5) is 20.5. The van der Waals surface area contributed by atoms with Gasteiger partial charge in [-0.1, -0.05) is 17.8 Å². The molecule has 2 aliphatic heterocycles. The summed E-state index contributed by atoms with van der Waals surface area (Å²) in [6, 6.07) is -0.601. The zero-order valence-electron chi connectivity index (χ0n) is 10.8. The van der Waals surface area contributed by atoms with Crippen LogP contribution in [0.2, 0.25) is 0 Å². The summed E-state index contributed by atoms with van der Waals surface area (Å²) >= 11 is 3.10. The highest BCUT2D eigenvalue weighted by Crippen LogP contribution is 2.33. The molecule has 0 radical (unpaired) electrons. The molecule has 0 aromatic rings. The summed E-state index contributed by atoms with van der Waals surface area (Å²) < 4.78 is 17.4. The van der Waals surface area contributed by atoms with Crippen LogP contribution in [0.25, 0.3) is 0 Å². The maximum Gasteiger partial charge on any atom is 0.332 e. The van der Waals surface area contributed by atoms with Crippen molar-refractivity contribution in [3.63, 3.8) is 0 Å². The molecule has 4 nitrogen and oxygen atoms in total. The molecular formula is C12H15FN2O2S2. The molecule has 0 saturated heterocycles. The van der Waals surface area contributed by atoms with Crippen LogP contribution in [0.4, 0.5) is 4.39 Å². The van der Waals surface area contributed by atoms with Crippen LogP contribution in [0.5, 0.6) is 0 Å². The maximum atomic E-state index is 12.6. The van der Waals surface area contributed by atoms with Crippen LogP contribution in [-0.2, 0) is 9.53 Å². The predicted molar refractivity (Wildman–Crippen MR) is 79.1 cm³/mol. The van der Waals surface area contributed by atoms with Gasteiger partial charge >= 0.3 is 5.97 Å². The Kier molecular flexibility index (Phi) is 5.04. The van der Waals surface area contributed by atoms with Gasteiger partial charge in [-0.25, -0.2) is 9.18 Å². The molecule has 0 saturated carbocycles. The lowest BCUT2D eigenvalue weighted by Gasteiger charge is -2.11. The van der Waals surface area contributed by atoms with Crippen LogP contribution >= 0.6 is 23.5 Å². The van der Waals surface area contributed by atoms with E-state index in [4.69, 9.17) is 4.74 Å². The monoisotopic (exact) mass is 302 g/mol. The lowest BCUT2D eigenvalue weighted by molar-refractivity contribution is -0.141. The number of nitrogens with zero attached hydrogens (tertiary/aromatic N) is 2. The fourth-order valence-corrected chi connectivity index (χ4v) is 4.01. The van der Waals surface area contributed by atoms with Gasteiger partial charge in [-0.3, -0.25) is 9.98 Å². The standard InChI is InChI=1S/C12H15FN2O2S2/c1-7(6-13)5-8-9(12(16)17-2)15-11(19-8)10-14-3-4-18-10/h5,8-9H,3-4,6H2,1-2H3/b7-5+. The lowest BCUT2D eigenvalue weighted by Crippen LogP contribution is -2.27. The van der Waals surface area contributed by atoms with Crippen LogP contribution in [0.1, 0.15) is 6.92 Å². The van der Waals surface area contributed by atoms with Gasteiger partial charge in [0, 0.05) is 12.3 Å². The maximum absolute atomic E-state index is 12.6. The smallest absolute Gasteiger partial charge is 0.332 e. The first-order valence-electron chi connectivity index (χ1n) is 5.89. The molecule has 0 fully saturated rings. The van der Waals surface area contributed by atoms with E-state index in [2.05, 4.69) is 9.98 Å². The number of hydrogen-bond donors (Lipinski definition) is 0. The molecule has 0 aromatic heterocycles. The van der Waals surface area contributed by atoms with Crippen molar-refractivity contribution in [2.24, 2.45) is 9.98 Å². The average molecular weight is 302 g/mol. The summed E-state index contributed by atoms with van der Waals surface area (Å²) in [5.74, 6) is 0.556. The van der Waals surface area contributed by atoms with Gasteiger partial charge in [0.1, 0.15) is 16.8 Å². The Bertz CT molecular complexity index is 463. The number of carbonyl (C=O) groups is 1. The number of rotatable bonds is 4. The van der Waals surface area contributed by atoms with Crippen molar-refractivity contribution in [1.82, 2.24) is 0 Å². The number of methoxy groups -OCH3 is 1. The zero-order valence-corrected chi connectivity index (χ0v) is 12.4. The molecule has 2 rings (SSSR count). The minimum absolute atomic E-state index is 0.206. The number of esters is 1. The fraction of sp³-hybridized carbons (Fsp3) is 0.583. The Morgan fingerprint density at radius 2 is 2.37 bits per heavy atom. The largest absolute Gasteiger partial charge is 0.467 e. The second-order valence-corrected chi connectivity index (χ2v) is 6.42. The molecule has 7 heteroatoms. The van der Waals surface area contributed by atoms with Gasteiger partial charge in [-0.05, 0) is 12.5 Å². The predicted octanol–water partition coefficient (Wildman–Crippen LogP) is 2.10. The summed E-state index contributed by atoms with van der Waals surface area (Å²) in [5.41, 5.74) is 0.601. The minimum Gasteiger partial charge on any atom is -0.467 e. The van der Waals surface area contributed by atoms with Crippen molar-refractivity contribution in [1.29, 1.82) is 0 Å². The van der Waals surface area contributed by atoms with Gasteiger partial charge < -0.3 is 4.74 Å². The molecule has 0 N–H and O–H groups in total. The van der Waals surface area contributed by atoms with Gasteiger partial charge in [0.05, 0.1) is 12.4 Å². The average Bonchev–Trinajstić information content (AvgIpc) is 3.06. The van der Waals surface area contributed by atoms with Crippen molar-refractivity contribution in [2.45, 2.75) is 18.2 Å². The first-order chi connectivity index (χ1) is 9.15. The Morgan fingerprint density at radius 3 is 2.95 bits per heavy atom. The van der Waals surface area contributed by atoms with Gasteiger partial charge in [0.15, 0.2) is 6.04 Å². The summed E-state index contributed by atoms with van der Waals surface area (Å²) in [6.45, 7) is 1.97. The molecule has 104 valence electrons. The molecule has 2 atom stereocenters. The number of thioether (sulfide) groups is 2. The first-order valence-corrected chi connectivity index (χ1v) is 7.75. The van der Waals surface area contributed by atoms with E-state index in [1.165, 1.54) is 18.9 Å². The normalized spacial score (nSPS) is 27.2. The highest BCUT2D eigenvalue weighted by molar-refractivity contribution is 8.25. The third kappa shape index (κ3) is 3.39. The Labute approximate surface area is 120 Å². The molecule has 2 heterocycles. The van der Waals surface area contributed by atoms with Crippen LogP contribution in [0.15, 0.2) is 21.6 Å². The van der Waals surface area contributed by atoms with Crippen LogP contribution in [0.3, 0.4) is 0 Å². The number of halogens is 1. The summed E-state index contributed by atoms with van der Waals surface area (Å²) in [7, 11) is 1.34. The van der Waals surface area contributed by atoms with Gasteiger partial charge in [0.2, 0.25) is 0 Å². The van der Waals surface area contributed by atoms with E-state index in [9.17, 15) is 9.18 Å². The van der Waals surface area contributed by atoms with Gasteiger partial charge in [-0.15, -0.1) is 11.8 Å². The fourth-order valence-electron chi connectivity index (χ4n) is 1.75. The van der Waals surface area contributed by atoms with E-state index < -0.39 is 12.7 Å².